The fraction of sp³-hybridized carbons (Fsp3) is 0.226. The molecule has 2 aromatic carbocycles. The van der Waals surface area contributed by atoms with E-state index in [1.807, 2.05) is 48.8 Å². The van der Waals surface area contributed by atoms with Crippen molar-refractivity contribution >= 4 is 35.4 Å². The molecule has 35 heavy (non-hydrogen) atoms. The van der Waals surface area contributed by atoms with Gasteiger partial charge in [-0.3, -0.25) is 0 Å². The Kier molecular flexibility index (Phi) is 7.31. The second-order valence-corrected chi connectivity index (χ2v) is 8.97. The highest BCUT2D eigenvalue weighted by Crippen LogP contribution is 2.31. The summed E-state index contributed by atoms with van der Waals surface area (Å²) in [7, 11) is 0. The second kappa shape index (κ2) is 10.6. The van der Waals surface area contributed by atoms with Gasteiger partial charge in [0, 0.05) is 12.1 Å². The van der Waals surface area contributed by atoms with E-state index >= 15 is 0 Å². The number of hydrogen-bond donors (Lipinski definition) is 0. The van der Waals surface area contributed by atoms with Gasteiger partial charge in [0.25, 0.3) is 0 Å². The molecule has 4 rings (SSSR count). The maximum absolute atomic E-state index is 4.55. The van der Waals surface area contributed by atoms with Crippen molar-refractivity contribution in [2.24, 2.45) is 0 Å². The van der Waals surface area contributed by atoms with Gasteiger partial charge >= 0.3 is 11.6 Å². The first-order chi connectivity index (χ1) is 16.9. The van der Waals surface area contributed by atoms with Crippen LogP contribution in [0.2, 0.25) is 0 Å². The minimum Gasteiger partial charge on any atom is -0.200 e. The van der Waals surface area contributed by atoms with Crippen molar-refractivity contribution in [3.63, 3.8) is 0 Å². The monoisotopic (exact) mass is 462 g/mol. The Morgan fingerprint density at radius 3 is 1.26 bits per heavy atom. The summed E-state index contributed by atoms with van der Waals surface area (Å²) in [6.45, 7) is 12.9. The molecule has 4 aromatic rings. The van der Waals surface area contributed by atoms with Gasteiger partial charge in [-0.1, -0.05) is 36.4 Å². The second-order valence-electron chi connectivity index (χ2n) is 8.97. The summed E-state index contributed by atoms with van der Waals surface area (Å²) in [4.78, 5) is 9.11. The molecule has 0 unspecified atom stereocenters. The molecule has 0 aliphatic carbocycles. The zero-order chi connectivity index (χ0) is 24.9. The molecule has 0 radical (unpaired) electrons. The van der Waals surface area contributed by atoms with Gasteiger partial charge in [0.05, 0.1) is 12.4 Å². The smallest absolute Gasteiger partial charge is 0.200 e. The van der Waals surface area contributed by atoms with Crippen molar-refractivity contribution in [2.75, 3.05) is 0 Å². The van der Waals surface area contributed by atoms with Gasteiger partial charge in [-0.05, 0) is 103 Å². The number of pyridine rings is 2. The van der Waals surface area contributed by atoms with Crippen molar-refractivity contribution in [3.8, 4) is 0 Å². The van der Waals surface area contributed by atoms with E-state index in [1.165, 1.54) is 44.8 Å². The molecule has 0 spiro atoms. The number of aryl methyl sites for hydroxylation is 4. The number of nitrogens with zero attached hydrogens (tertiary/aromatic N) is 4. The van der Waals surface area contributed by atoms with Crippen LogP contribution in [0.5, 0.6) is 0 Å². The normalized spacial score (nSPS) is 12.2. The third kappa shape index (κ3) is 5.12. The topological polar surface area (TPSA) is 31.8 Å². The first-order valence-corrected chi connectivity index (χ1v) is 12.1. The van der Waals surface area contributed by atoms with Crippen LogP contribution in [-0.2, 0) is 6.42 Å². The Morgan fingerprint density at radius 1 is 0.600 bits per heavy atom. The number of benzene rings is 2. The molecule has 0 saturated heterocycles. The van der Waals surface area contributed by atoms with Crippen LogP contribution in [0.1, 0.15) is 47.2 Å². The van der Waals surface area contributed by atoms with Gasteiger partial charge in [0.2, 0.25) is 0 Å². The van der Waals surface area contributed by atoms with Gasteiger partial charge in [-0.2, -0.15) is 0 Å². The van der Waals surface area contributed by atoms with Crippen molar-refractivity contribution in [1.82, 2.24) is 19.1 Å². The van der Waals surface area contributed by atoms with E-state index in [2.05, 4.69) is 97.4 Å². The van der Waals surface area contributed by atoms with Crippen LogP contribution in [-0.4, -0.2) is 22.4 Å². The van der Waals surface area contributed by atoms with E-state index < -0.39 is 0 Å². The van der Waals surface area contributed by atoms with Gasteiger partial charge in [-0.15, -0.1) is 0 Å². The van der Waals surface area contributed by atoms with Crippen molar-refractivity contribution in [3.05, 3.63) is 106 Å². The highest BCUT2D eigenvalue weighted by molar-refractivity contribution is 5.73. The molecule has 0 saturated carbocycles. The van der Waals surface area contributed by atoms with Gasteiger partial charge in [0.15, 0.2) is 0 Å². The molecule has 0 aliphatic heterocycles. The molecular formula is C31H34N4+2. The predicted molar refractivity (Wildman–Crippen MR) is 149 cm³/mol. The Balaban J connectivity index is 1.66. The lowest BCUT2D eigenvalue weighted by Crippen LogP contribution is -2.10. The highest BCUT2D eigenvalue weighted by Gasteiger charge is 2.19. The number of rotatable bonds is 6. The van der Waals surface area contributed by atoms with Crippen LogP contribution in [0.25, 0.3) is 0 Å². The van der Waals surface area contributed by atoms with E-state index in [0.29, 0.717) is 0 Å². The Hall–Kier alpha value is -3.92. The summed E-state index contributed by atoms with van der Waals surface area (Å²) in [5.41, 5.74) is 10.0. The lowest BCUT2D eigenvalue weighted by Gasteiger charge is -2.15. The SMILES string of the molecule is CC=[N+](c1ccccn1)c1c(C)cc(Cc2cc(C)c([N+](=CC)c3ccccn3)c(C)c2)cc1C. The van der Waals surface area contributed by atoms with E-state index in [9.17, 15) is 0 Å². The van der Waals surface area contributed by atoms with Crippen LogP contribution in [0.15, 0.2) is 73.1 Å². The summed E-state index contributed by atoms with van der Waals surface area (Å²) in [6.07, 6.45) is 8.74. The van der Waals surface area contributed by atoms with Gasteiger partial charge in [0.1, 0.15) is 23.8 Å². The maximum Gasteiger partial charge on any atom is 0.327 e. The Bertz CT molecular complexity index is 1250. The van der Waals surface area contributed by atoms with Crippen LogP contribution in [0.4, 0.5) is 23.0 Å². The summed E-state index contributed by atoms with van der Waals surface area (Å²) in [5, 5.41) is 0. The third-order valence-corrected chi connectivity index (χ3v) is 6.30. The van der Waals surface area contributed by atoms with Crippen LogP contribution in [0.3, 0.4) is 0 Å². The lowest BCUT2D eigenvalue weighted by molar-refractivity contribution is 0.990. The van der Waals surface area contributed by atoms with E-state index in [-0.39, 0.29) is 0 Å². The molecule has 0 atom stereocenters. The Morgan fingerprint density at radius 2 is 0.971 bits per heavy atom. The molecule has 176 valence electrons. The largest absolute Gasteiger partial charge is 0.327 e. The first kappa shape index (κ1) is 24.2. The predicted octanol–water partition coefficient (Wildman–Crippen LogP) is 7.15. The van der Waals surface area contributed by atoms with Crippen LogP contribution in [0, 0.1) is 27.7 Å². The Labute approximate surface area is 209 Å². The fourth-order valence-electron chi connectivity index (χ4n) is 5.04. The van der Waals surface area contributed by atoms with E-state index in [1.54, 1.807) is 0 Å². The van der Waals surface area contributed by atoms with Crippen LogP contribution >= 0.6 is 0 Å². The van der Waals surface area contributed by atoms with E-state index in [4.69, 9.17) is 0 Å². The zero-order valence-corrected chi connectivity index (χ0v) is 21.6. The summed E-state index contributed by atoms with van der Waals surface area (Å²) >= 11 is 0. The van der Waals surface area contributed by atoms with Crippen molar-refractivity contribution < 1.29 is 0 Å². The quantitative estimate of drug-likeness (QED) is 0.225. The number of hydrogen-bond acceptors (Lipinski definition) is 2. The lowest BCUT2D eigenvalue weighted by atomic mass is 9.95. The molecule has 2 aromatic heterocycles. The number of aromatic nitrogens is 2. The van der Waals surface area contributed by atoms with Crippen LogP contribution < -0.4 is 9.15 Å². The molecule has 0 bridgehead atoms. The average molecular weight is 463 g/mol. The summed E-state index contributed by atoms with van der Waals surface area (Å²) in [6, 6.07) is 21.3. The highest BCUT2D eigenvalue weighted by atomic mass is 15.1. The average Bonchev–Trinajstić information content (AvgIpc) is 2.84. The summed E-state index contributed by atoms with van der Waals surface area (Å²) in [5.74, 6) is 1.86. The maximum atomic E-state index is 4.55. The van der Waals surface area contributed by atoms with Gasteiger partial charge < -0.3 is 0 Å². The standard InChI is InChI=1S/C31H34N4/c1-7-34(28-13-9-11-15-32-28)30-22(3)17-26(18-23(30)4)21-27-19-24(5)31(25(6)20-27)35(8-2)29-14-10-12-16-33-29/h7-20H,21H2,1-6H3/q+2. The fourth-order valence-corrected chi connectivity index (χ4v) is 5.04. The minimum atomic E-state index is 0.892. The molecule has 0 N–H and O–H groups in total. The minimum absolute atomic E-state index is 0.892. The van der Waals surface area contributed by atoms with Crippen molar-refractivity contribution in [2.45, 2.75) is 48.0 Å². The van der Waals surface area contributed by atoms with Crippen molar-refractivity contribution in [1.29, 1.82) is 0 Å². The summed E-state index contributed by atoms with van der Waals surface area (Å²) < 4.78 is 4.34. The molecular weight excluding hydrogens is 428 g/mol. The molecule has 0 fully saturated rings. The first-order valence-electron chi connectivity index (χ1n) is 12.1. The molecule has 4 nitrogen and oxygen atoms in total. The molecule has 4 heteroatoms. The zero-order valence-electron chi connectivity index (χ0n) is 21.6. The molecule has 0 aliphatic rings. The molecule has 2 heterocycles. The molecule has 0 amide bonds. The van der Waals surface area contributed by atoms with E-state index in [0.717, 1.165) is 18.1 Å². The third-order valence-electron chi connectivity index (χ3n) is 6.30. The van der Waals surface area contributed by atoms with Gasteiger partial charge in [-0.25, -0.2) is 9.15 Å².